The third-order valence-electron chi connectivity index (χ3n) is 6.51. The molecule has 1 fully saturated rings. The van der Waals surface area contributed by atoms with Crippen molar-refractivity contribution >= 4 is 46.7 Å². The summed E-state index contributed by atoms with van der Waals surface area (Å²) in [6.07, 6.45) is 3.81. The summed E-state index contributed by atoms with van der Waals surface area (Å²) in [6, 6.07) is 10.9. The van der Waals surface area contributed by atoms with E-state index in [1.54, 1.807) is 49.4 Å². The molecule has 1 aliphatic rings. The van der Waals surface area contributed by atoms with Crippen molar-refractivity contribution in [1.82, 2.24) is 5.32 Å². The number of halogens is 2. The van der Waals surface area contributed by atoms with Gasteiger partial charge in [0.25, 0.3) is 5.91 Å². The molecule has 11 heteroatoms. The number of hydrogen-bond acceptors (Lipinski definition) is 5. The van der Waals surface area contributed by atoms with E-state index in [9.17, 15) is 14.4 Å². The summed E-state index contributed by atoms with van der Waals surface area (Å²) in [6.45, 7) is 2.11. The Labute approximate surface area is 225 Å². The molecule has 1 aliphatic carbocycles. The van der Waals surface area contributed by atoms with Crippen LogP contribution in [0.3, 0.4) is 0 Å². The quantitative estimate of drug-likeness (QED) is 0.153. The average Bonchev–Trinajstić information content (AvgIpc) is 3.35. The van der Waals surface area contributed by atoms with Crippen molar-refractivity contribution in [2.75, 3.05) is 18.5 Å². The maximum Gasteiger partial charge on any atom is 0.328 e. The molecule has 0 saturated heterocycles. The number of rotatable bonds is 11. The van der Waals surface area contributed by atoms with E-state index < -0.39 is 23.3 Å². The molecule has 2 aromatic rings. The zero-order valence-corrected chi connectivity index (χ0v) is 22.0. The number of azide groups is 1. The number of hydrogen-bond donors (Lipinski definition) is 2. The van der Waals surface area contributed by atoms with Crippen molar-refractivity contribution in [2.24, 2.45) is 10.5 Å². The first-order chi connectivity index (χ1) is 17.8. The highest BCUT2D eigenvalue weighted by molar-refractivity contribution is 6.40. The molecule has 1 unspecified atom stereocenters. The van der Waals surface area contributed by atoms with E-state index in [1.165, 1.54) is 0 Å². The summed E-state index contributed by atoms with van der Waals surface area (Å²) < 4.78 is 5.22. The van der Waals surface area contributed by atoms with Crippen LogP contribution < -0.4 is 10.6 Å². The molecule has 1 saturated carbocycles. The van der Waals surface area contributed by atoms with E-state index in [1.807, 2.05) is 0 Å². The largest absolute Gasteiger partial charge is 0.464 e. The predicted octanol–water partition coefficient (Wildman–Crippen LogP) is 6.10. The van der Waals surface area contributed by atoms with Gasteiger partial charge in [0, 0.05) is 29.0 Å². The van der Waals surface area contributed by atoms with Crippen LogP contribution in [0.15, 0.2) is 47.6 Å². The summed E-state index contributed by atoms with van der Waals surface area (Å²) in [5.41, 5.74) is 9.42. The Hall–Kier alpha value is -3.26. The lowest BCUT2D eigenvalue weighted by Gasteiger charge is -2.29. The number of carbonyl (C=O) groups excluding carboxylic acids is 3. The molecule has 2 N–H and O–H groups in total. The highest BCUT2D eigenvalue weighted by Gasteiger charge is 2.42. The van der Waals surface area contributed by atoms with Crippen molar-refractivity contribution in [3.63, 3.8) is 0 Å². The third kappa shape index (κ3) is 7.38. The van der Waals surface area contributed by atoms with Gasteiger partial charge < -0.3 is 15.4 Å². The molecule has 37 heavy (non-hydrogen) atoms. The van der Waals surface area contributed by atoms with Crippen LogP contribution in [0.1, 0.15) is 54.9 Å². The first-order valence-corrected chi connectivity index (χ1v) is 12.9. The minimum Gasteiger partial charge on any atom is -0.464 e. The number of ether oxygens (including phenoxy) is 1. The minimum atomic E-state index is -0.883. The first kappa shape index (κ1) is 28.3. The van der Waals surface area contributed by atoms with Crippen LogP contribution in [-0.4, -0.2) is 37.0 Å². The van der Waals surface area contributed by atoms with E-state index in [2.05, 4.69) is 20.7 Å². The molecular formula is C26H29Cl2N5O4. The van der Waals surface area contributed by atoms with E-state index in [0.29, 0.717) is 24.9 Å². The Morgan fingerprint density at radius 2 is 1.76 bits per heavy atom. The van der Waals surface area contributed by atoms with Crippen LogP contribution in [-0.2, 0) is 20.7 Å². The van der Waals surface area contributed by atoms with Gasteiger partial charge in [0.1, 0.15) is 6.04 Å². The van der Waals surface area contributed by atoms with Crippen molar-refractivity contribution in [1.29, 1.82) is 0 Å². The van der Waals surface area contributed by atoms with Crippen molar-refractivity contribution < 1.29 is 19.1 Å². The van der Waals surface area contributed by atoms with E-state index in [-0.39, 0.29) is 41.1 Å². The maximum absolute atomic E-state index is 13.3. The molecule has 2 amide bonds. The Kier molecular flexibility index (Phi) is 10.2. The van der Waals surface area contributed by atoms with Crippen LogP contribution >= 0.6 is 23.2 Å². The molecule has 9 nitrogen and oxygen atoms in total. The van der Waals surface area contributed by atoms with E-state index >= 15 is 0 Å². The fourth-order valence-corrected chi connectivity index (χ4v) is 5.14. The number of nitrogens with one attached hydrogen (secondary N) is 2. The molecule has 196 valence electrons. The van der Waals surface area contributed by atoms with Crippen LogP contribution in [0.5, 0.6) is 0 Å². The van der Waals surface area contributed by atoms with Gasteiger partial charge in [0.15, 0.2) is 0 Å². The molecule has 0 bridgehead atoms. The summed E-state index contributed by atoms with van der Waals surface area (Å²) in [7, 11) is 0. The van der Waals surface area contributed by atoms with E-state index in [0.717, 1.165) is 18.4 Å². The molecule has 0 heterocycles. The van der Waals surface area contributed by atoms with Gasteiger partial charge in [-0.2, -0.15) is 0 Å². The predicted molar refractivity (Wildman–Crippen MR) is 143 cm³/mol. The smallest absolute Gasteiger partial charge is 0.328 e. The topological polar surface area (TPSA) is 133 Å². The Morgan fingerprint density at radius 1 is 1.11 bits per heavy atom. The summed E-state index contributed by atoms with van der Waals surface area (Å²) >= 11 is 12.2. The van der Waals surface area contributed by atoms with Crippen LogP contribution in [0.2, 0.25) is 10.0 Å². The summed E-state index contributed by atoms with van der Waals surface area (Å²) in [5, 5.41) is 9.74. The SMILES string of the molecule is CCOC(=O)C(Cc1ccc(NC(=O)c2c(Cl)cccc2Cl)cc1)NC(=O)C1(CCN=[N+]=[N-])CCCC1. The van der Waals surface area contributed by atoms with Gasteiger partial charge in [-0.1, -0.05) is 59.4 Å². The van der Waals surface area contributed by atoms with E-state index in [4.69, 9.17) is 33.5 Å². The molecule has 0 radical (unpaired) electrons. The number of benzene rings is 2. The lowest BCUT2D eigenvalue weighted by molar-refractivity contribution is -0.148. The molecule has 0 spiro atoms. The summed E-state index contributed by atoms with van der Waals surface area (Å²) in [4.78, 5) is 41.4. The molecule has 0 aliphatic heterocycles. The van der Waals surface area contributed by atoms with Gasteiger partial charge in [-0.15, -0.1) is 0 Å². The maximum atomic E-state index is 13.3. The van der Waals surface area contributed by atoms with Crippen molar-refractivity contribution in [3.8, 4) is 0 Å². The van der Waals surface area contributed by atoms with Crippen LogP contribution in [0.4, 0.5) is 5.69 Å². The number of carbonyl (C=O) groups is 3. The number of esters is 1. The second kappa shape index (κ2) is 13.3. The van der Waals surface area contributed by atoms with Crippen LogP contribution in [0.25, 0.3) is 10.4 Å². The van der Waals surface area contributed by atoms with Gasteiger partial charge in [-0.3, -0.25) is 9.59 Å². The lowest BCUT2D eigenvalue weighted by atomic mass is 9.81. The van der Waals surface area contributed by atoms with Gasteiger partial charge >= 0.3 is 5.97 Å². The lowest BCUT2D eigenvalue weighted by Crippen LogP contribution is -2.49. The number of amides is 2. The zero-order chi connectivity index (χ0) is 26.8. The van der Waals surface area contributed by atoms with Gasteiger partial charge in [-0.05, 0) is 61.5 Å². The average molecular weight is 546 g/mol. The first-order valence-electron chi connectivity index (χ1n) is 12.1. The monoisotopic (exact) mass is 545 g/mol. The van der Waals surface area contributed by atoms with Gasteiger partial charge in [0.05, 0.1) is 22.2 Å². The molecular weight excluding hydrogens is 517 g/mol. The number of anilines is 1. The fraction of sp³-hybridized carbons (Fsp3) is 0.423. The van der Waals surface area contributed by atoms with Gasteiger partial charge in [-0.25, -0.2) is 4.79 Å². The minimum absolute atomic E-state index is 0.182. The fourth-order valence-electron chi connectivity index (χ4n) is 4.57. The van der Waals surface area contributed by atoms with Crippen LogP contribution in [0, 0.1) is 5.41 Å². The highest BCUT2D eigenvalue weighted by atomic mass is 35.5. The third-order valence-corrected chi connectivity index (χ3v) is 7.14. The zero-order valence-electron chi connectivity index (χ0n) is 20.5. The molecule has 3 rings (SSSR count). The van der Waals surface area contributed by atoms with Crippen molar-refractivity contribution in [2.45, 2.75) is 51.5 Å². The normalized spacial score (nSPS) is 14.8. The summed E-state index contributed by atoms with van der Waals surface area (Å²) in [5.74, 6) is -1.19. The Morgan fingerprint density at radius 3 is 2.35 bits per heavy atom. The Bertz CT molecular complexity index is 1160. The van der Waals surface area contributed by atoms with Gasteiger partial charge in [0.2, 0.25) is 5.91 Å². The molecule has 0 aromatic heterocycles. The second-order valence-electron chi connectivity index (χ2n) is 8.92. The highest BCUT2D eigenvalue weighted by Crippen LogP contribution is 2.41. The standard InChI is InChI=1S/C26H29Cl2N5O4/c1-2-37-24(35)21(32-25(36)26(12-3-4-13-26)14-15-30-33-29)16-17-8-10-18(11-9-17)31-23(34)22-19(27)6-5-7-20(22)28/h5-11,21H,2-4,12-16H2,1H3,(H,31,34)(H,32,36). The second-order valence-corrected chi connectivity index (χ2v) is 9.74. The molecule has 1 atom stereocenters. The van der Waals surface area contributed by atoms with Crippen molar-refractivity contribution in [3.05, 3.63) is 74.1 Å². The molecule has 2 aromatic carbocycles. The Balaban J connectivity index is 1.71. The number of nitrogens with zero attached hydrogens (tertiary/aromatic N) is 3.